The molecule has 2 aromatic heterocycles. The molecule has 0 aliphatic heterocycles. The number of aryl methyl sites for hydroxylation is 2. The monoisotopic (exact) mass is 314 g/mol. The van der Waals surface area contributed by atoms with Gasteiger partial charge in [-0.05, 0) is 10.1 Å². The number of hydrogen-bond acceptors (Lipinski definition) is 9. The van der Waals surface area contributed by atoms with E-state index in [0.29, 0.717) is 0 Å². The number of hydrogen-bond donors (Lipinski definition) is 1. The van der Waals surface area contributed by atoms with Gasteiger partial charge in [0.25, 0.3) is 0 Å². The predicted octanol–water partition coefficient (Wildman–Crippen LogP) is -1.59. The zero-order valence-electron chi connectivity index (χ0n) is 10.5. The van der Waals surface area contributed by atoms with Crippen molar-refractivity contribution >= 4 is 11.5 Å². The molecule has 1 N–H and O–H groups in total. The Hall–Kier alpha value is -3.72. The zero-order chi connectivity index (χ0) is 16.3. The Morgan fingerprint density at radius 2 is 1.91 bits per heavy atom. The SMILES string of the molecule is O=[N+]([O-])/N=c1\nn[nH]n1CCn1cc([N+](=O)[O-])c([N+](=O)[O-])n1. The van der Waals surface area contributed by atoms with E-state index in [-0.39, 0.29) is 18.7 Å². The lowest BCUT2D eigenvalue weighted by molar-refractivity contribution is -0.491. The highest BCUT2D eigenvalue weighted by Crippen LogP contribution is 2.23. The maximum Gasteiger partial charge on any atom is 0.467 e. The molecule has 0 radical (unpaired) electrons. The van der Waals surface area contributed by atoms with Crippen LogP contribution in [-0.2, 0) is 13.1 Å². The molecule has 0 amide bonds. The molecule has 0 saturated heterocycles. The van der Waals surface area contributed by atoms with E-state index >= 15 is 0 Å². The molecule has 0 fully saturated rings. The van der Waals surface area contributed by atoms with Crippen molar-refractivity contribution in [2.24, 2.45) is 5.10 Å². The molecule has 0 spiro atoms. The minimum atomic E-state index is -0.979. The largest absolute Gasteiger partial charge is 0.467 e. The number of aromatic nitrogens is 6. The number of tetrazole rings is 1. The van der Waals surface area contributed by atoms with Crippen LogP contribution in [0.1, 0.15) is 0 Å². The van der Waals surface area contributed by atoms with Crippen LogP contribution >= 0.6 is 0 Å². The number of nitro groups is 3. The van der Waals surface area contributed by atoms with Gasteiger partial charge in [-0.2, -0.15) is 9.90 Å². The van der Waals surface area contributed by atoms with Crippen LogP contribution in [0, 0.1) is 30.3 Å². The van der Waals surface area contributed by atoms with Crippen LogP contribution in [0.15, 0.2) is 11.3 Å². The fraction of sp³-hybridized carbons (Fsp3) is 0.333. The van der Waals surface area contributed by atoms with Gasteiger partial charge in [0.1, 0.15) is 11.3 Å². The van der Waals surface area contributed by atoms with Crippen LogP contribution in [0.4, 0.5) is 11.5 Å². The molecule has 2 heterocycles. The van der Waals surface area contributed by atoms with Crippen molar-refractivity contribution in [3.05, 3.63) is 42.2 Å². The Bertz CT molecular complexity index is 767. The van der Waals surface area contributed by atoms with Gasteiger partial charge in [0, 0.05) is 0 Å². The molecule has 2 rings (SSSR count). The van der Waals surface area contributed by atoms with Gasteiger partial charge in [-0.15, -0.1) is 0 Å². The average molecular weight is 314 g/mol. The quantitative estimate of drug-likeness (QED) is 0.480. The van der Waals surface area contributed by atoms with Crippen LogP contribution in [0.3, 0.4) is 0 Å². The fourth-order valence-corrected chi connectivity index (χ4v) is 1.49. The summed E-state index contributed by atoms with van der Waals surface area (Å²) in [4.78, 5) is 29.7. The van der Waals surface area contributed by atoms with E-state index in [2.05, 4.69) is 25.7 Å². The Labute approximate surface area is 118 Å². The van der Waals surface area contributed by atoms with E-state index in [0.717, 1.165) is 15.6 Å². The molecule has 16 heteroatoms. The molecule has 0 aromatic carbocycles. The Morgan fingerprint density at radius 1 is 1.18 bits per heavy atom. The minimum absolute atomic E-state index is 0.0321. The fourth-order valence-electron chi connectivity index (χ4n) is 1.49. The highest BCUT2D eigenvalue weighted by molar-refractivity contribution is 5.44. The van der Waals surface area contributed by atoms with Crippen molar-refractivity contribution in [1.82, 2.24) is 30.0 Å². The van der Waals surface area contributed by atoms with Gasteiger partial charge in [0.15, 0.2) is 5.03 Å². The summed E-state index contributed by atoms with van der Waals surface area (Å²) in [5, 5.41) is 46.0. The van der Waals surface area contributed by atoms with Gasteiger partial charge in [0.05, 0.1) is 23.1 Å². The second-order valence-corrected chi connectivity index (χ2v) is 3.70. The van der Waals surface area contributed by atoms with Gasteiger partial charge >= 0.3 is 17.1 Å². The first kappa shape index (κ1) is 14.7. The highest BCUT2D eigenvalue weighted by atomic mass is 16.7. The smallest absolute Gasteiger partial charge is 0.358 e. The van der Waals surface area contributed by atoms with Crippen molar-refractivity contribution in [3.63, 3.8) is 0 Å². The summed E-state index contributed by atoms with van der Waals surface area (Å²) in [6, 6.07) is 0. The van der Waals surface area contributed by atoms with Crippen LogP contribution in [0.25, 0.3) is 0 Å². The molecular weight excluding hydrogens is 308 g/mol. The standard InChI is InChI=1S/C6H6N10O6/c17-14(18)4-3-12(8-5(4)15(19)20)1-2-13-6(7-10-11-13)9-16(21)22/h3H,1-2H2,(H,7,9,11). The number of H-pyrrole nitrogens is 1. The molecule has 116 valence electrons. The molecule has 0 bridgehead atoms. The molecule has 0 unspecified atom stereocenters. The van der Waals surface area contributed by atoms with Gasteiger partial charge in [-0.3, -0.25) is 10.1 Å². The van der Waals surface area contributed by atoms with E-state index in [1.807, 2.05) is 0 Å². The molecule has 16 nitrogen and oxygen atoms in total. The van der Waals surface area contributed by atoms with E-state index in [1.165, 1.54) is 0 Å². The third-order valence-electron chi connectivity index (χ3n) is 2.36. The van der Waals surface area contributed by atoms with Gasteiger partial charge < -0.3 is 10.1 Å². The molecule has 0 atom stereocenters. The van der Waals surface area contributed by atoms with Crippen LogP contribution in [-0.4, -0.2) is 44.9 Å². The lowest BCUT2D eigenvalue weighted by atomic mass is 10.5. The first-order valence-electron chi connectivity index (χ1n) is 5.41. The van der Waals surface area contributed by atoms with Crippen LogP contribution in [0.5, 0.6) is 0 Å². The maximum atomic E-state index is 10.7. The summed E-state index contributed by atoms with van der Waals surface area (Å²) in [6.07, 6.45) is 0.882. The molecule has 22 heavy (non-hydrogen) atoms. The van der Waals surface area contributed by atoms with Crippen molar-refractivity contribution in [1.29, 1.82) is 0 Å². The van der Waals surface area contributed by atoms with Gasteiger partial charge in [-0.1, -0.05) is 5.10 Å². The van der Waals surface area contributed by atoms with Gasteiger partial charge in [-0.25, -0.2) is 14.8 Å². The number of nitrogens with zero attached hydrogens (tertiary/aromatic N) is 9. The summed E-state index contributed by atoms with van der Waals surface area (Å²) in [5.74, 6) is -0.895. The number of rotatable bonds is 6. The number of aromatic amines is 1. The highest BCUT2D eigenvalue weighted by Gasteiger charge is 2.30. The summed E-state index contributed by atoms with van der Waals surface area (Å²) in [5.41, 5.74) is -1.09. The first-order chi connectivity index (χ1) is 10.4. The second kappa shape index (κ2) is 5.73. The summed E-state index contributed by atoms with van der Waals surface area (Å²) >= 11 is 0. The average Bonchev–Trinajstić information content (AvgIpc) is 3.02. The zero-order valence-corrected chi connectivity index (χ0v) is 10.5. The predicted molar refractivity (Wildman–Crippen MR) is 62.5 cm³/mol. The third-order valence-corrected chi connectivity index (χ3v) is 2.36. The van der Waals surface area contributed by atoms with E-state index < -0.39 is 26.4 Å². The molecule has 0 saturated carbocycles. The molecular formula is C6H6N10O6. The summed E-state index contributed by atoms with van der Waals surface area (Å²) < 4.78 is 2.03. The molecule has 0 aliphatic rings. The first-order valence-corrected chi connectivity index (χ1v) is 5.41. The third kappa shape index (κ3) is 3.05. The molecule has 2 aromatic rings. The number of nitrogens with one attached hydrogen (secondary N) is 1. The lowest BCUT2D eigenvalue weighted by Gasteiger charge is -1.96. The minimum Gasteiger partial charge on any atom is -0.358 e. The van der Waals surface area contributed by atoms with Crippen LogP contribution < -0.4 is 5.62 Å². The Kier molecular flexibility index (Phi) is 3.82. The van der Waals surface area contributed by atoms with Crippen LogP contribution in [0.2, 0.25) is 0 Å². The Morgan fingerprint density at radius 3 is 2.45 bits per heavy atom. The van der Waals surface area contributed by atoms with E-state index in [9.17, 15) is 30.3 Å². The van der Waals surface area contributed by atoms with E-state index in [1.54, 1.807) is 0 Å². The summed E-state index contributed by atoms with van der Waals surface area (Å²) in [7, 11) is 0. The Balaban J connectivity index is 2.21. The van der Waals surface area contributed by atoms with Crippen molar-refractivity contribution < 1.29 is 14.9 Å². The topological polar surface area (TPSA) is 206 Å². The lowest BCUT2D eigenvalue weighted by Crippen LogP contribution is -2.24. The summed E-state index contributed by atoms with van der Waals surface area (Å²) in [6.45, 7) is -0.0981. The van der Waals surface area contributed by atoms with E-state index in [4.69, 9.17) is 0 Å². The second-order valence-electron chi connectivity index (χ2n) is 3.70. The maximum absolute atomic E-state index is 10.7. The molecule has 0 aliphatic carbocycles. The van der Waals surface area contributed by atoms with Crippen molar-refractivity contribution in [3.8, 4) is 0 Å². The van der Waals surface area contributed by atoms with Crippen molar-refractivity contribution in [2.75, 3.05) is 0 Å². The van der Waals surface area contributed by atoms with Crippen molar-refractivity contribution in [2.45, 2.75) is 13.1 Å². The normalized spacial score (nSPS) is 11.5. The van der Waals surface area contributed by atoms with Gasteiger partial charge in [0.2, 0.25) is 0 Å².